The van der Waals surface area contributed by atoms with E-state index < -0.39 is 0 Å². The summed E-state index contributed by atoms with van der Waals surface area (Å²) in [5.41, 5.74) is 4.27. The summed E-state index contributed by atoms with van der Waals surface area (Å²) < 4.78 is 0. The zero-order valence-electron chi connectivity index (χ0n) is 18.6. The van der Waals surface area contributed by atoms with Crippen molar-refractivity contribution >= 4 is 29.9 Å². The molecule has 0 bridgehead atoms. The first-order valence-electron chi connectivity index (χ1n) is 11.7. The highest BCUT2D eigenvalue weighted by Gasteiger charge is 2.35. The summed E-state index contributed by atoms with van der Waals surface area (Å²) in [7, 11) is 1.96. The highest BCUT2D eigenvalue weighted by atomic mass is 32.1. The number of benzene rings is 2. The van der Waals surface area contributed by atoms with Gasteiger partial charge in [0.05, 0.1) is 11.4 Å². The Bertz CT molecular complexity index is 851. The molecule has 1 aliphatic carbocycles. The quantitative estimate of drug-likeness (QED) is 0.446. The number of amides is 1. The van der Waals surface area contributed by atoms with Crippen LogP contribution in [0.5, 0.6) is 0 Å². The zero-order valence-corrected chi connectivity index (χ0v) is 19.5. The van der Waals surface area contributed by atoms with Crippen LogP contribution in [0.4, 0.5) is 11.4 Å². The standard InChI is InChI=1S/C26H35N3OS/c1-29(22-8-3-2-4-9-22)25(30)21-14-12-20(13-15-21)16-18-26(17-7-19-31)27-23-10-5-6-11-24(23)28-26/h5-6,10-15,22,27-28,31H,2-4,7-9,16-19H2,1H3. The Morgan fingerprint density at radius 2 is 1.65 bits per heavy atom. The molecule has 0 unspecified atom stereocenters. The molecule has 0 atom stereocenters. The molecule has 2 aromatic carbocycles. The molecule has 166 valence electrons. The monoisotopic (exact) mass is 437 g/mol. The lowest BCUT2D eigenvalue weighted by Crippen LogP contribution is -2.42. The lowest BCUT2D eigenvalue weighted by molar-refractivity contribution is 0.0696. The van der Waals surface area contributed by atoms with E-state index in [1.807, 2.05) is 24.1 Å². The third-order valence-corrected chi connectivity index (χ3v) is 7.24. The van der Waals surface area contributed by atoms with E-state index in [2.05, 4.69) is 59.7 Å². The first kappa shape index (κ1) is 22.1. The number of thiol groups is 1. The maximum absolute atomic E-state index is 12.9. The van der Waals surface area contributed by atoms with E-state index in [4.69, 9.17) is 0 Å². The van der Waals surface area contributed by atoms with Gasteiger partial charge in [-0.15, -0.1) is 0 Å². The minimum atomic E-state index is -0.137. The molecule has 1 fully saturated rings. The number of nitrogens with one attached hydrogen (secondary N) is 2. The van der Waals surface area contributed by atoms with Crippen LogP contribution in [-0.2, 0) is 6.42 Å². The third-order valence-electron chi connectivity index (χ3n) is 6.92. The topological polar surface area (TPSA) is 44.4 Å². The normalized spacial score (nSPS) is 17.5. The molecule has 2 aliphatic rings. The SMILES string of the molecule is CN(C(=O)c1ccc(CCC2(CCCS)Nc3ccccc3N2)cc1)C1CCCCC1. The van der Waals surface area contributed by atoms with Gasteiger partial charge in [0.15, 0.2) is 0 Å². The number of aryl methyl sites for hydroxylation is 1. The van der Waals surface area contributed by atoms with Gasteiger partial charge in [0.1, 0.15) is 5.66 Å². The number of rotatable bonds is 8. The predicted octanol–water partition coefficient (Wildman–Crippen LogP) is 5.97. The van der Waals surface area contributed by atoms with Crippen LogP contribution in [0.25, 0.3) is 0 Å². The molecule has 31 heavy (non-hydrogen) atoms. The molecule has 0 aromatic heterocycles. The number of anilines is 2. The van der Waals surface area contributed by atoms with E-state index in [-0.39, 0.29) is 11.6 Å². The van der Waals surface area contributed by atoms with Crippen LogP contribution in [0.1, 0.15) is 67.3 Å². The zero-order chi connectivity index (χ0) is 21.7. The molecule has 4 rings (SSSR count). The molecule has 0 spiro atoms. The van der Waals surface area contributed by atoms with Gasteiger partial charge in [0, 0.05) is 18.7 Å². The predicted molar refractivity (Wildman–Crippen MR) is 133 cm³/mol. The van der Waals surface area contributed by atoms with Gasteiger partial charge in [0.25, 0.3) is 5.91 Å². The van der Waals surface area contributed by atoms with Crippen LogP contribution in [0.15, 0.2) is 48.5 Å². The fourth-order valence-electron chi connectivity index (χ4n) is 5.01. The number of fused-ring (bicyclic) bond motifs is 1. The molecule has 1 heterocycles. The van der Waals surface area contributed by atoms with Gasteiger partial charge in [-0.3, -0.25) is 4.79 Å². The van der Waals surface area contributed by atoms with Crippen LogP contribution >= 0.6 is 12.6 Å². The van der Waals surface area contributed by atoms with Gasteiger partial charge in [0.2, 0.25) is 0 Å². The average molecular weight is 438 g/mol. The second kappa shape index (κ2) is 9.99. The molecule has 1 amide bonds. The molecule has 2 aromatic rings. The van der Waals surface area contributed by atoms with E-state index in [1.165, 1.54) is 36.2 Å². The molecule has 2 N–H and O–H groups in total. The summed E-state index contributed by atoms with van der Waals surface area (Å²) in [4.78, 5) is 14.9. The highest BCUT2D eigenvalue weighted by molar-refractivity contribution is 7.80. The van der Waals surface area contributed by atoms with Crippen LogP contribution in [-0.4, -0.2) is 35.3 Å². The molecule has 5 heteroatoms. The Labute approximate surface area is 192 Å². The summed E-state index contributed by atoms with van der Waals surface area (Å²) >= 11 is 4.42. The van der Waals surface area contributed by atoms with E-state index in [1.54, 1.807) is 0 Å². The minimum absolute atomic E-state index is 0.137. The van der Waals surface area contributed by atoms with Crippen LogP contribution in [0.3, 0.4) is 0 Å². The number of para-hydroxylation sites is 2. The Kier molecular flexibility index (Phi) is 7.11. The summed E-state index contributed by atoms with van der Waals surface area (Å²) in [6.07, 6.45) is 10.1. The summed E-state index contributed by atoms with van der Waals surface area (Å²) in [5.74, 6) is 1.03. The van der Waals surface area contributed by atoms with Crippen LogP contribution in [0.2, 0.25) is 0 Å². The largest absolute Gasteiger partial charge is 0.361 e. The van der Waals surface area contributed by atoms with Gasteiger partial charge in [-0.2, -0.15) is 12.6 Å². The molecule has 1 aliphatic heterocycles. The molecular weight excluding hydrogens is 402 g/mol. The van der Waals surface area contributed by atoms with Gasteiger partial charge in [-0.05, 0) is 74.1 Å². The van der Waals surface area contributed by atoms with Crippen molar-refractivity contribution in [3.05, 3.63) is 59.7 Å². The Morgan fingerprint density at radius 1 is 1.00 bits per heavy atom. The molecule has 0 saturated heterocycles. The molecule has 1 saturated carbocycles. The number of hydrogen-bond donors (Lipinski definition) is 3. The van der Waals surface area contributed by atoms with Crippen molar-refractivity contribution in [3.8, 4) is 0 Å². The lowest BCUT2D eigenvalue weighted by Gasteiger charge is -2.32. The van der Waals surface area contributed by atoms with Crippen molar-refractivity contribution in [2.45, 2.75) is 69.5 Å². The highest BCUT2D eigenvalue weighted by Crippen LogP contribution is 2.38. The minimum Gasteiger partial charge on any atom is -0.361 e. The summed E-state index contributed by atoms with van der Waals surface area (Å²) in [6.45, 7) is 0. The molecular formula is C26H35N3OS. The first-order chi connectivity index (χ1) is 15.1. The summed E-state index contributed by atoms with van der Waals surface area (Å²) in [5, 5.41) is 7.46. The van der Waals surface area contributed by atoms with Crippen LogP contribution in [0, 0.1) is 0 Å². The van der Waals surface area contributed by atoms with E-state index in [0.717, 1.165) is 49.8 Å². The third kappa shape index (κ3) is 5.20. The van der Waals surface area contributed by atoms with Gasteiger partial charge in [-0.25, -0.2) is 0 Å². The van der Waals surface area contributed by atoms with Crippen molar-refractivity contribution in [3.63, 3.8) is 0 Å². The molecule has 0 radical (unpaired) electrons. The van der Waals surface area contributed by atoms with Crippen molar-refractivity contribution in [1.29, 1.82) is 0 Å². The van der Waals surface area contributed by atoms with E-state index >= 15 is 0 Å². The van der Waals surface area contributed by atoms with Crippen molar-refractivity contribution in [1.82, 2.24) is 4.90 Å². The fraction of sp³-hybridized carbons (Fsp3) is 0.500. The second-order valence-corrected chi connectivity index (χ2v) is 9.56. The number of hydrogen-bond acceptors (Lipinski definition) is 4. The van der Waals surface area contributed by atoms with Gasteiger partial charge >= 0.3 is 0 Å². The summed E-state index contributed by atoms with van der Waals surface area (Å²) in [6, 6.07) is 17.1. The fourth-order valence-corrected chi connectivity index (χ4v) is 5.17. The van der Waals surface area contributed by atoms with Crippen LogP contribution < -0.4 is 10.6 Å². The Balaban J connectivity index is 1.38. The van der Waals surface area contributed by atoms with Gasteiger partial charge in [-0.1, -0.05) is 43.5 Å². The van der Waals surface area contributed by atoms with Gasteiger partial charge < -0.3 is 15.5 Å². The number of carbonyl (C=O) groups excluding carboxylic acids is 1. The first-order valence-corrected chi connectivity index (χ1v) is 12.4. The maximum Gasteiger partial charge on any atom is 0.253 e. The molecule has 4 nitrogen and oxygen atoms in total. The van der Waals surface area contributed by atoms with Crippen molar-refractivity contribution < 1.29 is 4.79 Å². The van der Waals surface area contributed by atoms with Crippen molar-refractivity contribution in [2.75, 3.05) is 23.4 Å². The average Bonchev–Trinajstić information content (AvgIpc) is 3.20. The lowest BCUT2D eigenvalue weighted by atomic mass is 9.93. The maximum atomic E-state index is 12.9. The Hall–Kier alpha value is -2.14. The Morgan fingerprint density at radius 3 is 2.26 bits per heavy atom. The van der Waals surface area contributed by atoms with Crippen molar-refractivity contribution in [2.24, 2.45) is 0 Å². The number of nitrogens with zero attached hydrogens (tertiary/aromatic N) is 1. The van der Waals surface area contributed by atoms with E-state index in [9.17, 15) is 4.79 Å². The second-order valence-electron chi connectivity index (χ2n) is 9.11. The smallest absolute Gasteiger partial charge is 0.253 e. The van der Waals surface area contributed by atoms with E-state index in [0.29, 0.717) is 6.04 Å². The number of carbonyl (C=O) groups is 1.